The fourth-order valence-electron chi connectivity index (χ4n) is 1.42. The average Bonchev–Trinajstić information content (AvgIpc) is 1.97. The van der Waals surface area contributed by atoms with E-state index >= 15 is 0 Å². The highest BCUT2D eigenvalue weighted by Crippen LogP contribution is 2.14. The molecule has 0 amide bonds. The van der Waals surface area contributed by atoms with Crippen molar-refractivity contribution in [2.24, 2.45) is 0 Å². The van der Waals surface area contributed by atoms with Crippen LogP contribution in [0.15, 0.2) is 24.5 Å². The van der Waals surface area contributed by atoms with Crippen LogP contribution in [0.2, 0.25) is 0 Å². The van der Waals surface area contributed by atoms with Gasteiger partial charge >= 0.3 is 0 Å². The molecule has 0 atom stereocenters. The minimum absolute atomic E-state index is 0.206. The molecule has 3 heteroatoms. The molecule has 1 aliphatic rings. The summed E-state index contributed by atoms with van der Waals surface area (Å²) in [6.45, 7) is 11.6. The van der Waals surface area contributed by atoms with Crippen molar-refractivity contribution in [3.05, 3.63) is 24.5 Å². The Bertz CT molecular complexity index is 249. The molecule has 0 aromatic heterocycles. The third-order valence-corrected chi connectivity index (χ3v) is 2.02. The maximum absolute atomic E-state index is 12.5. The lowest BCUT2D eigenvalue weighted by atomic mass is 10.2. The van der Waals surface area contributed by atoms with Crippen molar-refractivity contribution in [3.8, 4) is 0 Å². The predicted octanol–water partition coefficient (Wildman–Crippen LogP) is 2.53. The van der Waals surface area contributed by atoms with Gasteiger partial charge in [0.15, 0.2) is 0 Å². The highest BCUT2D eigenvalue weighted by atomic mass is 19.1. The summed E-state index contributed by atoms with van der Waals surface area (Å²) in [7, 11) is 0. The molecule has 1 rings (SSSR count). The molecule has 0 bridgehead atoms. The minimum atomic E-state index is -0.632. The standard InChI is InChI=1S/C12H20FNO/c1-10(15-12(2,3)4)6-5-7-14-8-11(13)9-14/h5-6,11H,1,7-9H2,2-4H3/b6-5+. The van der Waals surface area contributed by atoms with Crippen molar-refractivity contribution in [2.75, 3.05) is 19.6 Å². The van der Waals surface area contributed by atoms with Gasteiger partial charge in [-0.2, -0.15) is 0 Å². The average molecular weight is 213 g/mol. The van der Waals surface area contributed by atoms with Crippen LogP contribution in [0, 0.1) is 0 Å². The number of hydrogen-bond donors (Lipinski definition) is 0. The van der Waals surface area contributed by atoms with Crippen molar-refractivity contribution in [1.82, 2.24) is 4.90 Å². The van der Waals surface area contributed by atoms with Crippen LogP contribution in [0.3, 0.4) is 0 Å². The van der Waals surface area contributed by atoms with Gasteiger partial charge in [0.25, 0.3) is 0 Å². The smallest absolute Gasteiger partial charge is 0.125 e. The predicted molar refractivity (Wildman–Crippen MR) is 60.5 cm³/mol. The number of halogens is 1. The summed E-state index contributed by atoms with van der Waals surface area (Å²) in [4.78, 5) is 2.03. The fraction of sp³-hybridized carbons (Fsp3) is 0.667. The number of ether oxygens (including phenoxy) is 1. The number of nitrogens with zero attached hydrogens (tertiary/aromatic N) is 1. The van der Waals surface area contributed by atoms with Crippen LogP contribution in [-0.2, 0) is 4.74 Å². The van der Waals surface area contributed by atoms with E-state index in [0.29, 0.717) is 18.8 Å². The molecule has 0 aromatic carbocycles. The quantitative estimate of drug-likeness (QED) is 0.525. The third-order valence-electron chi connectivity index (χ3n) is 2.02. The molecule has 0 N–H and O–H groups in total. The van der Waals surface area contributed by atoms with E-state index in [9.17, 15) is 4.39 Å². The van der Waals surface area contributed by atoms with E-state index < -0.39 is 6.17 Å². The van der Waals surface area contributed by atoms with Gasteiger partial charge in [-0.1, -0.05) is 12.7 Å². The lowest BCUT2D eigenvalue weighted by molar-refractivity contribution is 0.0602. The zero-order valence-corrected chi connectivity index (χ0v) is 9.79. The summed E-state index contributed by atoms with van der Waals surface area (Å²) < 4.78 is 18.0. The number of hydrogen-bond acceptors (Lipinski definition) is 2. The summed E-state index contributed by atoms with van der Waals surface area (Å²) >= 11 is 0. The SMILES string of the molecule is C=C(/C=C/CN1CC(F)C1)OC(C)(C)C. The fourth-order valence-corrected chi connectivity index (χ4v) is 1.42. The summed E-state index contributed by atoms with van der Waals surface area (Å²) in [6.07, 6.45) is 3.17. The van der Waals surface area contributed by atoms with Gasteiger partial charge in [0, 0.05) is 19.6 Å². The van der Waals surface area contributed by atoms with Crippen LogP contribution in [-0.4, -0.2) is 36.3 Å². The molecule has 1 fully saturated rings. The Kier molecular flexibility index (Phi) is 3.91. The summed E-state index contributed by atoms with van der Waals surface area (Å²) in [6, 6.07) is 0. The Hall–Kier alpha value is -0.830. The summed E-state index contributed by atoms with van der Waals surface area (Å²) in [5.74, 6) is 0.653. The molecule has 0 unspecified atom stereocenters. The van der Waals surface area contributed by atoms with Gasteiger partial charge in [-0.3, -0.25) is 4.90 Å². The Morgan fingerprint density at radius 2 is 2.13 bits per heavy atom. The normalized spacial score (nSPS) is 19.2. The highest BCUT2D eigenvalue weighted by molar-refractivity contribution is 5.09. The number of rotatable bonds is 4. The van der Waals surface area contributed by atoms with Crippen molar-refractivity contribution in [2.45, 2.75) is 32.5 Å². The molecule has 0 aliphatic carbocycles. The van der Waals surface area contributed by atoms with E-state index in [-0.39, 0.29) is 5.60 Å². The molecule has 0 aromatic rings. The molecule has 1 saturated heterocycles. The van der Waals surface area contributed by atoms with Crippen LogP contribution in [0.1, 0.15) is 20.8 Å². The highest BCUT2D eigenvalue weighted by Gasteiger charge is 2.24. The molecule has 2 nitrogen and oxygen atoms in total. The zero-order chi connectivity index (χ0) is 11.5. The Morgan fingerprint density at radius 3 is 2.60 bits per heavy atom. The second kappa shape index (κ2) is 4.79. The van der Waals surface area contributed by atoms with Gasteiger partial charge in [-0.15, -0.1) is 0 Å². The topological polar surface area (TPSA) is 12.5 Å². The third kappa shape index (κ3) is 4.98. The van der Waals surface area contributed by atoms with E-state index in [0.717, 1.165) is 6.54 Å². The maximum atomic E-state index is 12.5. The van der Waals surface area contributed by atoms with E-state index in [1.165, 1.54) is 0 Å². The van der Waals surface area contributed by atoms with Gasteiger partial charge in [0.1, 0.15) is 17.5 Å². The van der Waals surface area contributed by atoms with E-state index in [1.54, 1.807) is 0 Å². The molecule has 1 heterocycles. The van der Waals surface area contributed by atoms with Crippen molar-refractivity contribution in [3.63, 3.8) is 0 Å². The molecule has 1 aliphatic heterocycles. The molecule has 15 heavy (non-hydrogen) atoms. The summed E-state index contributed by atoms with van der Waals surface area (Å²) in [5, 5.41) is 0. The Labute approximate surface area is 91.4 Å². The van der Waals surface area contributed by atoms with Crippen LogP contribution in [0.25, 0.3) is 0 Å². The van der Waals surface area contributed by atoms with E-state index in [4.69, 9.17) is 4.74 Å². The first-order valence-electron chi connectivity index (χ1n) is 5.28. The van der Waals surface area contributed by atoms with Crippen LogP contribution < -0.4 is 0 Å². The number of allylic oxidation sites excluding steroid dienone is 1. The van der Waals surface area contributed by atoms with Crippen LogP contribution in [0.4, 0.5) is 4.39 Å². The second-order valence-electron chi connectivity index (χ2n) is 4.90. The first-order chi connectivity index (χ1) is 6.87. The van der Waals surface area contributed by atoms with E-state index in [1.807, 2.05) is 37.8 Å². The summed E-state index contributed by atoms with van der Waals surface area (Å²) in [5.41, 5.74) is -0.206. The number of likely N-dealkylation sites (tertiary alicyclic amines) is 1. The lowest BCUT2D eigenvalue weighted by Crippen LogP contribution is -2.48. The lowest BCUT2D eigenvalue weighted by Gasteiger charge is -2.33. The zero-order valence-electron chi connectivity index (χ0n) is 9.79. The molecule has 0 spiro atoms. The molecular formula is C12H20FNO. The van der Waals surface area contributed by atoms with Gasteiger partial charge in [0.05, 0.1) is 0 Å². The first-order valence-corrected chi connectivity index (χ1v) is 5.28. The second-order valence-corrected chi connectivity index (χ2v) is 4.90. The van der Waals surface area contributed by atoms with Crippen LogP contribution >= 0.6 is 0 Å². The van der Waals surface area contributed by atoms with Gasteiger partial charge < -0.3 is 4.74 Å². The molecule has 0 radical (unpaired) electrons. The number of alkyl halides is 1. The van der Waals surface area contributed by atoms with Gasteiger partial charge in [-0.05, 0) is 26.8 Å². The first kappa shape index (κ1) is 12.2. The molecule has 86 valence electrons. The largest absolute Gasteiger partial charge is 0.489 e. The van der Waals surface area contributed by atoms with E-state index in [2.05, 4.69) is 6.58 Å². The van der Waals surface area contributed by atoms with Crippen molar-refractivity contribution < 1.29 is 9.13 Å². The maximum Gasteiger partial charge on any atom is 0.125 e. The molecule has 0 saturated carbocycles. The van der Waals surface area contributed by atoms with Crippen molar-refractivity contribution in [1.29, 1.82) is 0 Å². The van der Waals surface area contributed by atoms with Crippen LogP contribution in [0.5, 0.6) is 0 Å². The Morgan fingerprint density at radius 1 is 1.53 bits per heavy atom. The van der Waals surface area contributed by atoms with Gasteiger partial charge in [0.2, 0.25) is 0 Å². The van der Waals surface area contributed by atoms with Crippen molar-refractivity contribution >= 4 is 0 Å². The van der Waals surface area contributed by atoms with Gasteiger partial charge in [-0.25, -0.2) is 4.39 Å². The Balaban J connectivity index is 2.17. The molecular weight excluding hydrogens is 193 g/mol. The monoisotopic (exact) mass is 213 g/mol. The minimum Gasteiger partial charge on any atom is -0.489 e.